The molecule has 1 aliphatic heterocycles. The molecule has 2 rings (SSSR count). The molecule has 1 saturated heterocycles. The van der Waals surface area contributed by atoms with Crippen molar-refractivity contribution in [2.45, 2.75) is 71.3 Å². The largest absolute Gasteiger partial charge is 0.314 e. The van der Waals surface area contributed by atoms with Gasteiger partial charge in [0.1, 0.15) is 0 Å². The number of hydrogen-bond acceptors (Lipinski definition) is 2. The lowest BCUT2D eigenvalue weighted by atomic mass is 9.78. The van der Waals surface area contributed by atoms with Gasteiger partial charge in [-0.1, -0.05) is 26.7 Å². The zero-order valence-electron chi connectivity index (χ0n) is 12.5. The fraction of sp³-hybridized carbons (Fsp3) is 1.00. The van der Waals surface area contributed by atoms with E-state index in [2.05, 4.69) is 24.1 Å². The molecule has 1 heterocycles. The Kier molecular flexibility index (Phi) is 5.50. The van der Waals surface area contributed by atoms with Gasteiger partial charge in [0, 0.05) is 6.04 Å². The molecule has 2 fully saturated rings. The molecular weight excluding hydrogens is 220 g/mol. The normalized spacial score (nSPS) is 24.3. The molecule has 2 aliphatic rings. The molecule has 0 amide bonds. The van der Waals surface area contributed by atoms with E-state index in [4.69, 9.17) is 0 Å². The molecule has 18 heavy (non-hydrogen) atoms. The highest BCUT2D eigenvalue weighted by Gasteiger charge is 2.27. The molecule has 106 valence electrons. The molecule has 0 unspecified atom stereocenters. The molecule has 1 N–H and O–H groups in total. The molecule has 0 bridgehead atoms. The van der Waals surface area contributed by atoms with Gasteiger partial charge in [-0.25, -0.2) is 0 Å². The number of rotatable bonds is 8. The van der Waals surface area contributed by atoms with Gasteiger partial charge in [-0.3, -0.25) is 0 Å². The summed E-state index contributed by atoms with van der Waals surface area (Å²) in [5.41, 5.74) is 0.644. The Morgan fingerprint density at radius 3 is 2.44 bits per heavy atom. The molecule has 0 aromatic rings. The minimum atomic E-state index is 0.644. The summed E-state index contributed by atoms with van der Waals surface area (Å²) in [4.78, 5) is 2.69. The van der Waals surface area contributed by atoms with Crippen molar-refractivity contribution in [2.24, 2.45) is 5.41 Å². The Labute approximate surface area is 114 Å². The van der Waals surface area contributed by atoms with Gasteiger partial charge in [0.05, 0.1) is 0 Å². The Hall–Kier alpha value is -0.0800. The van der Waals surface area contributed by atoms with Gasteiger partial charge in [-0.15, -0.1) is 0 Å². The van der Waals surface area contributed by atoms with Crippen molar-refractivity contribution < 1.29 is 0 Å². The van der Waals surface area contributed by atoms with E-state index in [1.165, 1.54) is 77.5 Å². The van der Waals surface area contributed by atoms with Crippen molar-refractivity contribution in [3.8, 4) is 0 Å². The summed E-state index contributed by atoms with van der Waals surface area (Å²) in [6.07, 6.45) is 11.2. The fourth-order valence-corrected chi connectivity index (χ4v) is 2.90. The molecule has 1 saturated carbocycles. The van der Waals surface area contributed by atoms with E-state index in [0.717, 1.165) is 6.04 Å². The SMILES string of the molecule is CCC1(C)CCN(CCCCCNC2CC2)CC1. The summed E-state index contributed by atoms with van der Waals surface area (Å²) in [7, 11) is 0. The van der Waals surface area contributed by atoms with Crippen LogP contribution in [-0.4, -0.2) is 37.1 Å². The Morgan fingerprint density at radius 2 is 1.83 bits per heavy atom. The van der Waals surface area contributed by atoms with Crippen LogP contribution in [0.15, 0.2) is 0 Å². The average molecular weight is 252 g/mol. The van der Waals surface area contributed by atoms with Crippen LogP contribution in [0, 0.1) is 5.41 Å². The van der Waals surface area contributed by atoms with Crippen LogP contribution < -0.4 is 5.32 Å². The van der Waals surface area contributed by atoms with E-state index < -0.39 is 0 Å². The first-order chi connectivity index (χ1) is 8.72. The van der Waals surface area contributed by atoms with Gasteiger partial charge in [0.15, 0.2) is 0 Å². The van der Waals surface area contributed by atoms with Crippen molar-refractivity contribution in [2.75, 3.05) is 26.2 Å². The molecule has 0 radical (unpaired) electrons. The third-order valence-corrected chi connectivity index (χ3v) is 5.08. The molecule has 2 heteroatoms. The Bertz CT molecular complexity index is 227. The molecule has 0 atom stereocenters. The van der Waals surface area contributed by atoms with Crippen LogP contribution in [0.5, 0.6) is 0 Å². The average Bonchev–Trinajstić information content (AvgIpc) is 3.20. The van der Waals surface area contributed by atoms with Crippen molar-refractivity contribution in [3.05, 3.63) is 0 Å². The Morgan fingerprint density at radius 1 is 1.11 bits per heavy atom. The highest BCUT2D eigenvalue weighted by molar-refractivity contribution is 4.81. The summed E-state index contributed by atoms with van der Waals surface area (Å²) in [5.74, 6) is 0. The third-order valence-electron chi connectivity index (χ3n) is 5.08. The summed E-state index contributed by atoms with van der Waals surface area (Å²) in [6, 6.07) is 0.888. The van der Waals surface area contributed by atoms with Crippen LogP contribution in [0.3, 0.4) is 0 Å². The highest BCUT2D eigenvalue weighted by Crippen LogP contribution is 2.33. The Balaban J connectivity index is 1.44. The number of likely N-dealkylation sites (tertiary alicyclic amines) is 1. The van der Waals surface area contributed by atoms with Crippen LogP contribution in [0.1, 0.15) is 65.2 Å². The predicted octanol–water partition coefficient (Wildman–Crippen LogP) is 3.42. The first kappa shape index (κ1) is 14.3. The van der Waals surface area contributed by atoms with Crippen LogP contribution >= 0.6 is 0 Å². The van der Waals surface area contributed by atoms with Gasteiger partial charge in [0.25, 0.3) is 0 Å². The van der Waals surface area contributed by atoms with Crippen molar-refractivity contribution in [1.82, 2.24) is 10.2 Å². The number of nitrogens with one attached hydrogen (secondary N) is 1. The standard InChI is InChI=1S/C16H32N2/c1-3-16(2)9-13-18(14-10-16)12-6-4-5-11-17-15-7-8-15/h15,17H,3-14H2,1-2H3. The second-order valence-corrected chi connectivity index (χ2v) is 6.79. The molecule has 0 aromatic heterocycles. The molecule has 0 spiro atoms. The van der Waals surface area contributed by atoms with E-state index in [0.29, 0.717) is 5.41 Å². The van der Waals surface area contributed by atoms with Crippen molar-refractivity contribution in [3.63, 3.8) is 0 Å². The van der Waals surface area contributed by atoms with Gasteiger partial charge in [0.2, 0.25) is 0 Å². The summed E-state index contributed by atoms with van der Waals surface area (Å²) < 4.78 is 0. The monoisotopic (exact) mass is 252 g/mol. The summed E-state index contributed by atoms with van der Waals surface area (Å²) in [5, 5.41) is 3.60. The third kappa shape index (κ3) is 4.89. The van der Waals surface area contributed by atoms with Crippen LogP contribution in [0.25, 0.3) is 0 Å². The van der Waals surface area contributed by atoms with Crippen LogP contribution in [0.2, 0.25) is 0 Å². The topological polar surface area (TPSA) is 15.3 Å². The maximum Gasteiger partial charge on any atom is 0.00682 e. The van der Waals surface area contributed by atoms with Crippen LogP contribution in [0.4, 0.5) is 0 Å². The first-order valence-electron chi connectivity index (χ1n) is 8.18. The quantitative estimate of drug-likeness (QED) is 0.666. The molecule has 1 aliphatic carbocycles. The summed E-state index contributed by atoms with van der Waals surface area (Å²) in [6.45, 7) is 10.1. The number of unbranched alkanes of at least 4 members (excludes halogenated alkanes) is 2. The predicted molar refractivity (Wildman–Crippen MR) is 78.9 cm³/mol. The van der Waals surface area contributed by atoms with Gasteiger partial charge < -0.3 is 10.2 Å². The maximum atomic E-state index is 3.60. The molecule has 2 nitrogen and oxygen atoms in total. The molecule has 0 aromatic carbocycles. The zero-order valence-corrected chi connectivity index (χ0v) is 12.5. The van der Waals surface area contributed by atoms with E-state index in [1.807, 2.05) is 0 Å². The maximum absolute atomic E-state index is 3.60. The summed E-state index contributed by atoms with van der Waals surface area (Å²) >= 11 is 0. The van der Waals surface area contributed by atoms with Gasteiger partial charge in [-0.05, 0) is 70.1 Å². The van der Waals surface area contributed by atoms with Crippen molar-refractivity contribution >= 4 is 0 Å². The zero-order chi connectivity index (χ0) is 12.8. The second kappa shape index (κ2) is 6.91. The highest BCUT2D eigenvalue weighted by atomic mass is 15.1. The van der Waals surface area contributed by atoms with Crippen molar-refractivity contribution in [1.29, 1.82) is 0 Å². The second-order valence-electron chi connectivity index (χ2n) is 6.79. The first-order valence-corrected chi connectivity index (χ1v) is 8.18. The lowest BCUT2D eigenvalue weighted by molar-refractivity contribution is 0.113. The number of piperidine rings is 1. The minimum Gasteiger partial charge on any atom is -0.314 e. The number of hydrogen-bond donors (Lipinski definition) is 1. The van der Waals surface area contributed by atoms with Gasteiger partial charge in [-0.2, -0.15) is 0 Å². The smallest absolute Gasteiger partial charge is 0.00682 e. The van der Waals surface area contributed by atoms with Crippen LogP contribution in [-0.2, 0) is 0 Å². The van der Waals surface area contributed by atoms with E-state index in [9.17, 15) is 0 Å². The minimum absolute atomic E-state index is 0.644. The lowest BCUT2D eigenvalue weighted by Crippen LogP contribution is -2.38. The van der Waals surface area contributed by atoms with E-state index in [1.54, 1.807) is 0 Å². The molecular formula is C16H32N2. The lowest BCUT2D eigenvalue weighted by Gasteiger charge is -2.39. The van der Waals surface area contributed by atoms with Gasteiger partial charge >= 0.3 is 0 Å². The van der Waals surface area contributed by atoms with E-state index >= 15 is 0 Å². The van der Waals surface area contributed by atoms with E-state index in [-0.39, 0.29) is 0 Å². The fourth-order valence-electron chi connectivity index (χ4n) is 2.90. The number of nitrogens with zero attached hydrogens (tertiary/aromatic N) is 1.